The molecule has 1 aromatic heterocycles. The third kappa shape index (κ3) is 2.64. The number of hydrogen-bond acceptors (Lipinski definition) is 4. The van der Waals surface area contributed by atoms with Crippen molar-refractivity contribution >= 4 is 17.3 Å². The molecule has 3 N–H and O–H groups in total. The van der Waals surface area contributed by atoms with Crippen LogP contribution in [0.15, 0.2) is 54.6 Å². The van der Waals surface area contributed by atoms with Gasteiger partial charge >= 0.3 is 0 Å². The fraction of sp³-hybridized carbons (Fsp3) is 0.0588. The smallest absolute Gasteiger partial charge is 0.125 e. The summed E-state index contributed by atoms with van der Waals surface area (Å²) in [5.41, 5.74) is 7.11. The fourth-order valence-corrected chi connectivity index (χ4v) is 3.30. The van der Waals surface area contributed by atoms with Gasteiger partial charge in [0.1, 0.15) is 11.6 Å². The van der Waals surface area contributed by atoms with Gasteiger partial charge in [-0.2, -0.15) is 0 Å². The van der Waals surface area contributed by atoms with E-state index in [-0.39, 0.29) is 4.88 Å². The fourth-order valence-electron chi connectivity index (χ4n) is 2.31. The van der Waals surface area contributed by atoms with Crippen LogP contribution in [0.2, 0.25) is 0 Å². The normalized spacial score (nSPS) is 10.6. The Morgan fingerprint density at radius 1 is 1.09 bits per heavy atom. The van der Waals surface area contributed by atoms with E-state index in [0.717, 1.165) is 28.0 Å². The predicted octanol–water partition coefficient (Wildman–Crippen LogP) is 1.58. The topological polar surface area (TPSA) is 80.7 Å². The maximum atomic E-state index is 11.4. The van der Waals surface area contributed by atoms with Gasteiger partial charge in [0.2, 0.25) is 0 Å². The van der Waals surface area contributed by atoms with E-state index >= 15 is 0 Å². The number of aromatic carboxylic acids is 1. The summed E-state index contributed by atoms with van der Waals surface area (Å²) in [4.78, 5) is 16.1. The number of benzene rings is 2. The van der Waals surface area contributed by atoms with Crippen LogP contribution in [0.3, 0.4) is 0 Å². The first-order valence-corrected chi connectivity index (χ1v) is 7.67. The van der Waals surface area contributed by atoms with Crippen LogP contribution in [0.5, 0.6) is 0 Å². The molecule has 3 aromatic rings. The summed E-state index contributed by atoms with van der Waals surface area (Å²) in [7, 11) is 0. The van der Waals surface area contributed by atoms with Crippen LogP contribution in [0.1, 0.15) is 15.2 Å². The van der Waals surface area contributed by atoms with Crippen LogP contribution in [-0.2, 0) is 6.54 Å². The highest BCUT2D eigenvalue weighted by atomic mass is 32.1. The molecule has 0 fully saturated rings. The highest BCUT2D eigenvalue weighted by Crippen LogP contribution is 2.34. The van der Waals surface area contributed by atoms with Gasteiger partial charge in [0.25, 0.3) is 0 Å². The molecule has 0 aliphatic carbocycles. The van der Waals surface area contributed by atoms with Crippen molar-refractivity contribution in [2.75, 3.05) is 0 Å². The molecule has 0 aliphatic rings. The first-order valence-electron chi connectivity index (χ1n) is 6.86. The second-order valence-corrected chi connectivity index (χ2v) is 5.76. The summed E-state index contributed by atoms with van der Waals surface area (Å²) in [6.45, 7) is 0.622. The van der Waals surface area contributed by atoms with Gasteiger partial charge in [0.05, 0.1) is 16.5 Å². The number of carbonyl (C=O) groups is 1. The van der Waals surface area contributed by atoms with Crippen molar-refractivity contribution in [3.63, 3.8) is 0 Å². The van der Waals surface area contributed by atoms with Crippen LogP contribution in [0, 0.1) is 0 Å². The molecule has 2 aromatic carbocycles. The Morgan fingerprint density at radius 3 is 2.45 bits per heavy atom. The zero-order chi connectivity index (χ0) is 15.5. The van der Waals surface area contributed by atoms with E-state index in [2.05, 4.69) is 10.7 Å². The molecule has 3 rings (SSSR count). The molecule has 0 saturated heterocycles. The summed E-state index contributed by atoms with van der Waals surface area (Å²) in [5, 5.41) is 12.1. The Bertz CT molecular complexity index is 813. The maximum Gasteiger partial charge on any atom is 0.125 e. The number of hydrogen-bond donors (Lipinski definition) is 1. The highest BCUT2D eigenvalue weighted by Gasteiger charge is 2.16. The summed E-state index contributed by atoms with van der Waals surface area (Å²) in [5.74, 6) is -1.20. The van der Waals surface area contributed by atoms with Gasteiger partial charge < -0.3 is 15.6 Å². The third-order valence-electron chi connectivity index (χ3n) is 3.38. The van der Waals surface area contributed by atoms with E-state index in [1.807, 2.05) is 54.6 Å². The molecule has 22 heavy (non-hydrogen) atoms. The third-order valence-corrected chi connectivity index (χ3v) is 4.45. The lowest BCUT2D eigenvalue weighted by Gasteiger charge is -2.02. The molecule has 0 aliphatic heterocycles. The van der Waals surface area contributed by atoms with Crippen LogP contribution < -0.4 is 10.8 Å². The molecule has 0 spiro atoms. The number of nitrogens with zero attached hydrogens (tertiary/aromatic N) is 1. The Hall–Kier alpha value is -2.50. The Labute approximate surface area is 131 Å². The molecule has 5 heteroatoms. The van der Waals surface area contributed by atoms with Gasteiger partial charge in [-0.25, -0.2) is 4.98 Å². The van der Waals surface area contributed by atoms with Crippen LogP contribution in [0.25, 0.3) is 21.8 Å². The van der Waals surface area contributed by atoms with Gasteiger partial charge in [-0.05, 0) is 0 Å². The molecule has 0 saturated carbocycles. The van der Waals surface area contributed by atoms with Crippen LogP contribution in [-0.4, -0.2) is 11.0 Å². The average molecular weight is 310 g/mol. The van der Waals surface area contributed by atoms with Crippen molar-refractivity contribution in [2.45, 2.75) is 6.54 Å². The summed E-state index contributed by atoms with van der Waals surface area (Å²) >= 11 is 1.14. The second-order valence-electron chi connectivity index (χ2n) is 4.76. The molecular weight excluding hydrogens is 296 g/mol. The molecular formula is C17H14N2O2S. The number of rotatable bonds is 4. The number of carbonyl (C=O) groups excluding carboxylic acids is 1. The van der Waals surface area contributed by atoms with Crippen LogP contribution >= 0.6 is 11.3 Å². The van der Waals surface area contributed by atoms with Crippen molar-refractivity contribution in [3.8, 4) is 21.8 Å². The minimum absolute atomic E-state index is 0.153. The summed E-state index contributed by atoms with van der Waals surface area (Å²) in [6.07, 6.45) is 0. The van der Waals surface area contributed by atoms with Gasteiger partial charge in [-0.15, -0.1) is 11.3 Å². The summed E-state index contributed by atoms with van der Waals surface area (Å²) < 4.78 is 0. The molecule has 0 unspecified atom stereocenters. The van der Waals surface area contributed by atoms with Crippen molar-refractivity contribution < 1.29 is 15.6 Å². The lowest BCUT2D eigenvalue weighted by molar-refractivity contribution is -0.386. The van der Waals surface area contributed by atoms with E-state index in [9.17, 15) is 9.90 Å². The molecule has 0 amide bonds. The quantitative estimate of drug-likeness (QED) is 0.794. The molecule has 0 bridgehead atoms. The number of carboxylic acid groups (broad SMARTS) is 1. The summed E-state index contributed by atoms with van der Waals surface area (Å²) in [6, 6.07) is 17.1. The lowest BCUT2D eigenvalue weighted by atomic mass is 10.1. The monoisotopic (exact) mass is 310 g/mol. The Balaban J connectivity index is 2.18. The van der Waals surface area contributed by atoms with Gasteiger partial charge in [0, 0.05) is 16.7 Å². The van der Waals surface area contributed by atoms with Crippen molar-refractivity contribution in [1.82, 2.24) is 4.98 Å². The van der Waals surface area contributed by atoms with E-state index in [1.165, 1.54) is 0 Å². The second kappa shape index (κ2) is 6.09. The van der Waals surface area contributed by atoms with Crippen molar-refractivity contribution in [3.05, 3.63) is 65.0 Å². The van der Waals surface area contributed by atoms with Gasteiger partial charge in [-0.1, -0.05) is 54.6 Å². The molecule has 1 heterocycles. The van der Waals surface area contributed by atoms with E-state index in [4.69, 9.17) is 0 Å². The highest BCUT2D eigenvalue weighted by molar-refractivity contribution is 7.17. The van der Waals surface area contributed by atoms with E-state index in [0.29, 0.717) is 17.2 Å². The van der Waals surface area contributed by atoms with Crippen molar-refractivity contribution in [1.29, 1.82) is 0 Å². The van der Waals surface area contributed by atoms with E-state index < -0.39 is 5.97 Å². The largest absolute Gasteiger partial charge is 0.544 e. The predicted molar refractivity (Wildman–Crippen MR) is 83.9 cm³/mol. The standard InChI is InChI=1S/C17H14N2O2S/c18-10-12-8-4-5-9-13(12)16-19-14(15(22-16)17(20)21)11-6-2-1-3-7-11/h1-9H,10,18H2,(H,20,21). The Kier molecular flexibility index (Phi) is 4.00. The Morgan fingerprint density at radius 2 is 1.77 bits per heavy atom. The zero-order valence-electron chi connectivity index (χ0n) is 11.8. The molecule has 0 radical (unpaired) electrons. The number of carboxylic acids is 1. The number of aromatic nitrogens is 1. The van der Waals surface area contributed by atoms with Gasteiger partial charge in [-0.3, -0.25) is 0 Å². The minimum Gasteiger partial charge on any atom is -0.544 e. The van der Waals surface area contributed by atoms with Crippen LogP contribution in [0.4, 0.5) is 0 Å². The molecule has 110 valence electrons. The number of quaternary nitrogens is 1. The van der Waals surface area contributed by atoms with E-state index in [1.54, 1.807) is 0 Å². The van der Waals surface area contributed by atoms with Crippen molar-refractivity contribution in [2.24, 2.45) is 0 Å². The first kappa shape index (κ1) is 14.4. The lowest BCUT2D eigenvalue weighted by Crippen LogP contribution is -2.47. The molecule has 4 nitrogen and oxygen atoms in total. The molecule has 0 atom stereocenters. The first-order chi connectivity index (χ1) is 10.7. The number of thiazole rings is 1. The average Bonchev–Trinajstić information content (AvgIpc) is 3.01. The maximum absolute atomic E-state index is 11.4. The minimum atomic E-state index is -1.20. The zero-order valence-corrected chi connectivity index (χ0v) is 12.6. The SMILES string of the molecule is [NH3+]Cc1ccccc1-c1nc(-c2ccccc2)c(C(=O)[O-])s1. The van der Waals surface area contributed by atoms with Gasteiger partial charge in [0.15, 0.2) is 0 Å².